The van der Waals surface area contributed by atoms with Crippen molar-refractivity contribution in [2.45, 2.75) is 311 Å². The van der Waals surface area contributed by atoms with E-state index < -0.39 is 11.7 Å². The van der Waals surface area contributed by atoms with E-state index in [9.17, 15) is 14.4 Å². The first-order valence-electron chi connectivity index (χ1n) is 31.2. The van der Waals surface area contributed by atoms with Crippen molar-refractivity contribution >= 4 is 18.0 Å². The van der Waals surface area contributed by atoms with E-state index in [0.29, 0.717) is 76.9 Å². The quantitative estimate of drug-likeness (QED) is 0.0361. The summed E-state index contributed by atoms with van der Waals surface area (Å²) in [7, 11) is 0. The van der Waals surface area contributed by atoms with Gasteiger partial charge in [0, 0.05) is 32.0 Å². The van der Waals surface area contributed by atoms with Gasteiger partial charge in [-0.15, -0.1) is 0 Å². The van der Waals surface area contributed by atoms with Crippen LogP contribution in [0.1, 0.15) is 299 Å². The number of ether oxygens (including phenoxy) is 5. The molecule has 0 radical (unpaired) electrons. The summed E-state index contributed by atoms with van der Waals surface area (Å²) in [6.07, 6.45) is 44.4. The zero-order valence-electron chi connectivity index (χ0n) is 49.2. The van der Waals surface area contributed by atoms with Crippen LogP contribution < -0.4 is 5.32 Å². The van der Waals surface area contributed by atoms with Crippen LogP contribution in [0.2, 0.25) is 0 Å². The zero-order valence-corrected chi connectivity index (χ0v) is 49.2. The summed E-state index contributed by atoms with van der Waals surface area (Å²) in [5.41, 5.74) is -0.520. The van der Waals surface area contributed by atoms with Crippen molar-refractivity contribution in [1.82, 2.24) is 10.2 Å². The molecule has 10 heteroatoms. The summed E-state index contributed by atoms with van der Waals surface area (Å²) < 4.78 is 28.9. The average molecular weight is 1020 g/mol. The van der Waals surface area contributed by atoms with Crippen molar-refractivity contribution < 1.29 is 38.1 Å². The molecule has 1 N–H and O–H groups in total. The van der Waals surface area contributed by atoms with Crippen molar-refractivity contribution in [3.05, 3.63) is 0 Å². The lowest BCUT2D eigenvalue weighted by Crippen LogP contribution is -2.39. The molecule has 3 unspecified atom stereocenters. The summed E-state index contributed by atoms with van der Waals surface area (Å²) in [4.78, 5) is 40.1. The molecule has 0 saturated carbocycles. The fraction of sp³-hybridized carbons (Fsp3) is 0.952. The third-order valence-corrected chi connectivity index (χ3v) is 14.3. The van der Waals surface area contributed by atoms with Crippen LogP contribution in [-0.2, 0) is 33.3 Å². The van der Waals surface area contributed by atoms with Crippen LogP contribution >= 0.6 is 0 Å². The Morgan fingerprint density at radius 3 is 1.25 bits per heavy atom. The molecule has 0 spiro atoms. The summed E-state index contributed by atoms with van der Waals surface area (Å²) >= 11 is 0. The molecule has 10 nitrogen and oxygen atoms in total. The Labute approximate surface area is 446 Å². The molecule has 0 aromatic rings. The van der Waals surface area contributed by atoms with Crippen molar-refractivity contribution in [3.8, 4) is 0 Å². The highest BCUT2D eigenvalue weighted by atomic mass is 16.6. The molecule has 0 aromatic carbocycles. The van der Waals surface area contributed by atoms with E-state index >= 15 is 0 Å². The Hall–Kier alpha value is -1.91. The maximum Gasteiger partial charge on any atom is 0.407 e. The molecule has 0 fully saturated rings. The molecule has 0 aliphatic rings. The molecule has 0 rings (SSSR count). The van der Waals surface area contributed by atoms with E-state index in [2.05, 4.69) is 44.8 Å². The van der Waals surface area contributed by atoms with Gasteiger partial charge in [0.1, 0.15) is 5.60 Å². The van der Waals surface area contributed by atoms with E-state index in [1.807, 2.05) is 20.8 Å². The molecule has 428 valence electrons. The third kappa shape index (κ3) is 49.0. The average Bonchev–Trinajstić information content (AvgIpc) is 3.35. The minimum atomic E-state index is -0.520. The van der Waals surface area contributed by atoms with Gasteiger partial charge in [0.25, 0.3) is 0 Å². The highest BCUT2D eigenvalue weighted by Crippen LogP contribution is 2.23. The first kappa shape index (κ1) is 70.1. The van der Waals surface area contributed by atoms with Crippen molar-refractivity contribution in [1.29, 1.82) is 0 Å². The van der Waals surface area contributed by atoms with Gasteiger partial charge in [0.05, 0.1) is 39.6 Å². The number of carbonyl (C=O) groups is 3. The highest BCUT2D eigenvalue weighted by Gasteiger charge is 2.19. The first-order chi connectivity index (χ1) is 35.0. The number of rotatable bonds is 55. The van der Waals surface area contributed by atoms with Gasteiger partial charge < -0.3 is 29.0 Å². The summed E-state index contributed by atoms with van der Waals surface area (Å²) in [6.45, 7) is 22.6. The van der Waals surface area contributed by atoms with Crippen molar-refractivity contribution in [2.75, 3.05) is 59.3 Å². The molecule has 0 aromatic heterocycles. The summed E-state index contributed by atoms with van der Waals surface area (Å²) in [6, 6.07) is 0.532. The van der Waals surface area contributed by atoms with Crippen LogP contribution in [0.25, 0.3) is 0 Å². The SMILES string of the molecule is CCCCCCCCCN(CCOCCOCCNC(=O)OC(C)(C)C)C(CCCCCCCCC(=O)OCC(CCCC)CCCCCC)CCCCCCCC(=O)OCC(CCCC)CCCCCC. The largest absolute Gasteiger partial charge is 0.465 e. The monoisotopic (exact) mass is 1020 g/mol. The fourth-order valence-corrected chi connectivity index (χ4v) is 9.73. The first-order valence-corrected chi connectivity index (χ1v) is 31.2. The molecule has 0 aliphatic heterocycles. The van der Waals surface area contributed by atoms with E-state index in [4.69, 9.17) is 23.7 Å². The Kier molecular flexibility index (Phi) is 51.1. The topological polar surface area (TPSA) is 113 Å². The second kappa shape index (κ2) is 52.5. The Bertz CT molecular complexity index is 1180. The smallest absolute Gasteiger partial charge is 0.407 e. The van der Waals surface area contributed by atoms with Gasteiger partial charge in [0.15, 0.2) is 0 Å². The maximum atomic E-state index is 12.7. The Morgan fingerprint density at radius 2 is 0.792 bits per heavy atom. The molecular formula is C62H122N2O8. The lowest BCUT2D eigenvalue weighted by Gasteiger charge is -2.32. The second-order valence-electron chi connectivity index (χ2n) is 22.5. The minimum absolute atomic E-state index is 0.00443. The number of nitrogens with one attached hydrogen (secondary N) is 1. The molecule has 0 heterocycles. The molecule has 0 saturated heterocycles. The fourth-order valence-electron chi connectivity index (χ4n) is 9.73. The molecule has 72 heavy (non-hydrogen) atoms. The van der Waals surface area contributed by atoms with E-state index in [1.54, 1.807) is 0 Å². The van der Waals surface area contributed by atoms with E-state index in [1.165, 1.54) is 199 Å². The molecule has 0 aliphatic carbocycles. The highest BCUT2D eigenvalue weighted by molar-refractivity contribution is 5.69. The molecule has 1 amide bonds. The van der Waals surface area contributed by atoms with Crippen LogP contribution in [-0.4, -0.2) is 93.9 Å². The number of unbranched alkanes of at least 4 members (excludes halogenated alkanes) is 23. The molecule has 3 atom stereocenters. The van der Waals surface area contributed by atoms with Gasteiger partial charge in [-0.05, 0) is 96.9 Å². The van der Waals surface area contributed by atoms with Crippen LogP contribution in [0, 0.1) is 11.8 Å². The van der Waals surface area contributed by atoms with Crippen LogP contribution in [0.5, 0.6) is 0 Å². The van der Waals surface area contributed by atoms with Gasteiger partial charge in [-0.1, -0.05) is 208 Å². The molecule has 0 bridgehead atoms. The number of hydrogen-bond acceptors (Lipinski definition) is 9. The van der Waals surface area contributed by atoms with Crippen LogP contribution in [0.15, 0.2) is 0 Å². The van der Waals surface area contributed by atoms with Gasteiger partial charge in [-0.2, -0.15) is 0 Å². The van der Waals surface area contributed by atoms with Gasteiger partial charge in [-0.25, -0.2) is 4.79 Å². The zero-order chi connectivity index (χ0) is 53.0. The maximum absolute atomic E-state index is 12.7. The number of hydrogen-bond donors (Lipinski definition) is 1. The minimum Gasteiger partial charge on any atom is -0.465 e. The van der Waals surface area contributed by atoms with Crippen LogP contribution in [0.3, 0.4) is 0 Å². The lowest BCUT2D eigenvalue weighted by atomic mass is 9.96. The summed E-state index contributed by atoms with van der Waals surface area (Å²) in [5.74, 6) is 1.02. The normalized spacial score (nSPS) is 13.1. The van der Waals surface area contributed by atoms with Crippen molar-refractivity contribution in [3.63, 3.8) is 0 Å². The van der Waals surface area contributed by atoms with E-state index in [0.717, 1.165) is 45.2 Å². The summed E-state index contributed by atoms with van der Waals surface area (Å²) in [5, 5.41) is 2.75. The van der Waals surface area contributed by atoms with Gasteiger partial charge in [-0.3, -0.25) is 14.5 Å². The standard InChI is InChI=1S/C62H122N2O8/c1-9-14-19-22-25-31-38-48-64(49-51-69-53-52-68-50-47-63-61(67)72-62(6,7)8)58(44-35-28-26-30-37-46-60(66)71-55-57(40-18-13-5)42-33-21-16-11-3)43-34-27-23-24-29-36-45-59(65)70-54-56(39-17-12-4)41-32-20-15-10-2/h56-58H,9-55H2,1-8H3,(H,63,67). The third-order valence-electron chi connectivity index (χ3n) is 14.3. The Balaban J connectivity index is 5.21. The molecular weight excluding hydrogens is 901 g/mol. The number of nitrogens with zero attached hydrogens (tertiary/aromatic N) is 1. The predicted molar refractivity (Wildman–Crippen MR) is 304 cm³/mol. The van der Waals surface area contributed by atoms with Crippen molar-refractivity contribution in [2.24, 2.45) is 11.8 Å². The Morgan fingerprint density at radius 1 is 0.417 bits per heavy atom. The van der Waals surface area contributed by atoms with E-state index in [-0.39, 0.29) is 11.9 Å². The lowest BCUT2D eigenvalue weighted by molar-refractivity contribution is -0.146. The number of esters is 2. The predicted octanol–water partition coefficient (Wildman–Crippen LogP) is 17.5. The number of amides is 1. The number of carbonyl (C=O) groups excluding carboxylic acids is 3. The second-order valence-corrected chi connectivity index (χ2v) is 22.5. The number of alkyl carbamates (subject to hydrolysis) is 1. The van der Waals surface area contributed by atoms with Gasteiger partial charge in [0.2, 0.25) is 0 Å². The van der Waals surface area contributed by atoms with Gasteiger partial charge >= 0.3 is 18.0 Å². The van der Waals surface area contributed by atoms with Crippen LogP contribution in [0.4, 0.5) is 4.79 Å².